The first kappa shape index (κ1) is 24.6. The fourth-order valence-corrected chi connectivity index (χ4v) is 16.2. The number of rotatable bonds is 5. The minimum atomic E-state index is -2.69. The number of nitrogens with zero attached hydrogens (tertiary/aromatic N) is 2. The summed E-state index contributed by atoms with van der Waals surface area (Å²) in [5, 5.41) is 0. The highest BCUT2D eigenvalue weighted by atomic mass is 28.5. The van der Waals surface area contributed by atoms with E-state index in [9.17, 15) is 4.79 Å². The largest absolute Gasteiger partial charge is 0.414 e. The quantitative estimate of drug-likeness (QED) is 0.649. The van der Waals surface area contributed by atoms with Crippen LogP contribution in [-0.2, 0) is 17.7 Å². The minimum Gasteiger partial charge on any atom is -0.414 e. The van der Waals surface area contributed by atoms with E-state index in [4.69, 9.17) is 23.4 Å². The van der Waals surface area contributed by atoms with Gasteiger partial charge in [-0.05, 0) is 28.2 Å². The topological polar surface area (TPSA) is 97.8 Å². The molecule has 0 aliphatic carbocycles. The molecule has 2 aliphatic heterocycles. The third-order valence-corrected chi connectivity index (χ3v) is 17.0. The molecular formula is C21H39N3O5Si2. The van der Waals surface area contributed by atoms with E-state index in [2.05, 4.69) is 60.4 Å². The monoisotopic (exact) mass is 469 g/mol. The van der Waals surface area contributed by atoms with Crippen molar-refractivity contribution in [2.24, 2.45) is 0 Å². The molecule has 2 fully saturated rings. The van der Waals surface area contributed by atoms with Crippen LogP contribution in [0.4, 0.5) is 5.82 Å². The summed E-state index contributed by atoms with van der Waals surface area (Å²) in [5.41, 5.74) is 6.29. The van der Waals surface area contributed by atoms with Gasteiger partial charge in [0, 0.05) is 12.6 Å². The Morgan fingerprint density at radius 1 is 1.00 bits per heavy atom. The lowest BCUT2D eigenvalue weighted by atomic mass is 10.2. The zero-order valence-electron chi connectivity index (χ0n) is 20.1. The van der Waals surface area contributed by atoms with Gasteiger partial charge in [0.2, 0.25) is 0 Å². The molecule has 0 radical (unpaired) electrons. The van der Waals surface area contributed by atoms with Gasteiger partial charge in [0.15, 0.2) is 0 Å². The number of fused-ring (bicyclic) bond motifs is 1. The first-order valence-electron chi connectivity index (χ1n) is 11.4. The first-order chi connectivity index (χ1) is 14.4. The maximum absolute atomic E-state index is 12.4. The summed E-state index contributed by atoms with van der Waals surface area (Å²) >= 11 is 0. The van der Waals surface area contributed by atoms with E-state index in [0.29, 0.717) is 13.0 Å². The lowest BCUT2D eigenvalue weighted by molar-refractivity contribution is -0.0565. The fourth-order valence-electron chi connectivity index (χ4n) is 4.95. The van der Waals surface area contributed by atoms with Gasteiger partial charge >= 0.3 is 22.8 Å². The van der Waals surface area contributed by atoms with Crippen molar-refractivity contribution in [1.82, 2.24) is 9.55 Å². The fraction of sp³-hybridized carbons (Fsp3) is 0.810. The summed E-state index contributed by atoms with van der Waals surface area (Å²) in [4.78, 5) is 16.3. The molecule has 3 rings (SSSR count). The second-order valence-electron chi connectivity index (χ2n) is 10.0. The van der Waals surface area contributed by atoms with E-state index >= 15 is 0 Å². The van der Waals surface area contributed by atoms with Crippen LogP contribution in [0.2, 0.25) is 22.2 Å². The minimum absolute atomic E-state index is 0.197. The molecule has 10 heteroatoms. The summed E-state index contributed by atoms with van der Waals surface area (Å²) in [7, 11) is -5.29. The summed E-state index contributed by atoms with van der Waals surface area (Å²) < 4.78 is 28.7. The standard InChI is InChI=1S/C21H39N3O5Si2/c1-13(2)30(14(3)4)26-12-18-17(28-31(29-30,15(5)6)16(7)8)11-20(27-18)24-10-9-19(22)23-21(24)25/h9-10,13-18,20H,11-12H2,1-8H3,(H2,22,23,25)/t17-,18+,20+/m0/s1. The van der Waals surface area contributed by atoms with E-state index in [-0.39, 0.29) is 40.2 Å². The van der Waals surface area contributed by atoms with E-state index < -0.39 is 29.0 Å². The molecule has 0 amide bonds. The van der Waals surface area contributed by atoms with Gasteiger partial charge in [0.05, 0.1) is 12.7 Å². The Kier molecular flexibility index (Phi) is 7.19. The van der Waals surface area contributed by atoms with Crippen LogP contribution in [0.3, 0.4) is 0 Å². The normalized spacial score (nSPS) is 28.2. The third-order valence-electron chi connectivity index (χ3n) is 6.69. The van der Waals surface area contributed by atoms with Crippen molar-refractivity contribution in [3.8, 4) is 0 Å². The molecular weight excluding hydrogens is 430 g/mol. The number of hydrogen-bond donors (Lipinski definition) is 1. The third kappa shape index (κ3) is 4.42. The predicted octanol–water partition coefficient (Wildman–Crippen LogP) is 4.07. The number of hydrogen-bond acceptors (Lipinski definition) is 7. The van der Waals surface area contributed by atoms with Crippen LogP contribution in [0.1, 0.15) is 68.0 Å². The van der Waals surface area contributed by atoms with E-state index in [1.54, 1.807) is 12.3 Å². The Labute approximate surface area is 187 Å². The van der Waals surface area contributed by atoms with Gasteiger partial charge in [-0.1, -0.05) is 55.4 Å². The molecule has 31 heavy (non-hydrogen) atoms. The van der Waals surface area contributed by atoms with E-state index in [1.807, 2.05) is 0 Å². The Hall–Kier alpha value is -1.05. The lowest BCUT2D eigenvalue weighted by Gasteiger charge is -2.51. The maximum atomic E-state index is 12.4. The highest BCUT2D eigenvalue weighted by Crippen LogP contribution is 2.48. The molecule has 1 aromatic heterocycles. The SMILES string of the molecule is CC(C)[Si]1(C(C)C)OC[C@H]2O[C@@H](n3ccc(N)nc3=O)C[C@@H]2O[Si](C(C)C)(C(C)C)O1. The molecule has 3 atom stereocenters. The molecule has 0 aromatic carbocycles. The first-order valence-corrected chi connectivity index (χ1v) is 15.4. The number of aromatic nitrogens is 2. The Morgan fingerprint density at radius 2 is 1.58 bits per heavy atom. The van der Waals surface area contributed by atoms with Gasteiger partial charge in [-0.15, -0.1) is 0 Å². The van der Waals surface area contributed by atoms with Gasteiger partial charge in [-0.3, -0.25) is 4.57 Å². The lowest BCUT2D eigenvalue weighted by Crippen LogP contribution is -2.65. The smallest absolute Gasteiger partial charge is 0.351 e. The van der Waals surface area contributed by atoms with Crippen LogP contribution in [0.15, 0.2) is 17.1 Å². The Bertz CT molecular complexity index is 813. The molecule has 0 spiro atoms. The second-order valence-corrected chi connectivity index (χ2v) is 18.9. The molecule has 0 bridgehead atoms. The highest BCUT2D eigenvalue weighted by molar-refractivity contribution is 6.83. The average molecular weight is 470 g/mol. The van der Waals surface area contributed by atoms with Crippen molar-refractivity contribution in [3.05, 3.63) is 22.7 Å². The van der Waals surface area contributed by atoms with E-state index in [1.165, 1.54) is 4.57 Å². The van der Waals surface area contributed by atoms with Crippen molar-refractivity contribution in [3.63, 3.8) is 0 Å². The summed E-state index contributed by atoms with van der Waals surface area (Å²) in [6, 6.07) is 1.61. The Balaban J connectivity index is 2.01. The zero-order chi connectivity index (χ0) is 23.1. The number of anilines is 1. The van der Waals surface area contributed by atoms with E-state index in [0.717, 1.165) is 0 Å². The van der Waals surface area contributed by atoms with Crippen LogP contribution in [0, 0.1) is 0 Å². The van der Waals surface area contributed by atoms with Crippen molar-refractivity contribution in [1.29, 1.82) is 0 Å². The molecule has 2 N–H and O–H groups in total. The van der Waals surface area contributed by atoms with Crippen LogP contribution < -0.4 is 11.4 Å². The molecule has 176 valence electrons. The second kappa shape index (κ2) is 9.07. The molecule has 2 saturated heterocycles. The molecule has 0 saturated carbocycles. The molecule has 1 aromatic rings. The van der Waals surface area contributed by atoms with Crippen LogP contribution in [-0.4, -0.2) is 45.5 Å². The Morgan fingerprint density at radius 3 is 2.10 bits per heavy atom. The number of nitrogen functional groups attached to an aromatic ring is 1. The average Bonchev–Trinajstić information content (AvgIpc) is 3.02. The summed E-state index contributed by atoms with van der Waals surface area (Å²) in [5.74, 6) is 0.203. The summed E-state index contributed by atoms with van der Waals surface area (Å²) in [6.45, 7) is 18.0. The predicted molar refractivity (Wildman–Crippen MR) is 125 cm³/mol. The zero-order valence-corrected chi connectivity index (χ0v) is 22.1. The van der Waals surface area contributed by atoms with Crippen molar-refractivity contribution in [2.75, 3.05) is 12.3 Å². The van der Waals surface area contributed by atoms with Crippen LogP contribution in [0.25, 0.3) is 0 Å². The highest BCUT2D eigenvalue weighted by Gasteiger charge is 2.60. The molecule has 2 aliphatic rings. The maximum Gasteiger partial charge on any atom is 0.351 e. The number of ether oxygens (including phenoxy) is 1. The molecule has 0 unspecified atom stereocenters. The van der Waals surface area contributed by atoms with Gasteiger partial charge in [0.25, 0.3) is 0 Å². The molecule has 3 heterocycles. The van der Waals surface area contributed by atoms with Crippen molar-refractivity contribution < 1.29 is 17.7 Å². The number of nitrogens with two attached hydrogens (primary N) is 1. The molecule has 8 nitrogen and oxygen atoms in total. The van der Waals surface area contributed by atoms with Gasteiger partial charge < -0.3 is 23.4 Å². The van der Waals surface area contributed by atoms with Gasteiger partial charge in [-0.25, -0.2) is 4.79 Å². The van der Waals surface area contributed by atoms with Crippen LogP contribution >= 0.6 is 0 Å². The van der Waals surface area contributed by atoms with Gasteiger partial charge in [0.1, 0.15) is 18.1 Å². The van der Waals surface area contributed by atoms with Crippen molar-refractivity contribution in [2.45, 2.75) is 102 Å². The van der Waals surface area contributed by atoms with Crippen LogP contribution in [0.5, 0.6) is 0 Å². The van der Waals surface area contributed by atoms with Gasteiger partial charge in [-0.2, -0.15) is 4.98 Å². The van der Waals surface area contributed by atoms with Crippen molar-refractivity contribution >= 4 is 22.9 Å². The summed E-state index contributed by atoms with van der Waals surface area (Å²) in [6.07, 6.45) is 1.28.